The second kappa shape index (κ2) is 3.89. The summed E-state index contributed by atoms with van der Waals surface area (Å²) in [4.78, 5) is 5.26. The summed E-state index contributed by atoms with van der Waals surface area (Å²) < 4.78 is 0. The van der Waals surface area contributed by atoms with E-state index in [0.29, 0.717) is 0 Å². The first kappa shape index (κ1) is 10.7. The molecule has 1 atom stereocenters. The van der Waals surface area contributed by atoms with E-state index in [1.165, 1.54) is 56.7 Å². The van der Waals surface area contributed by atoms with Crippen molar-refractivity contribution in [1.29, 1.82) is 0 Å². The topological polar surface area (TPSA) is 32.5 Å². The zero-order valence-electron chi connectivity index (χ0n) is 10.8. The van der Waals surface area contributed by atoms with Crippen LogP contribution in [-0.4, -0.2) is 37.1 Å². The lowest BCUT2D eigenvalue weighted by molar-refractivity contribution is 0.162. The van der Waals surface area contributed by atoms with E-state index in [1.54, 1.807) is 0 Å². The van der Waals surface area contributed by atoms with Crippen molar-refractivity contribution in [3.8, 4) is 0 Å². The minimum absolute atomic E-state index is 0.732. The summed E-state index contributed by atoms with van der Waals surface area (Å²) in [5, 5.41) is 0. The zero-order valence-corrected chi connectivity index (χ0v) is 10.8. The van der Waals surface area contributed by atoms with Crippen LogP contribution < -0.4 is 10.6 Å². The summed E-state index contributed by atoms with van der Waals surface area (Å²) in [7, 11) is 0. The number of hydrogen-bond donors (Lipinski definition) is 1. The fourth-order valence-corrected chi connectivity index (χ4v) is 3.48. The van der Waals surface area contributed by atoms with Gasteiger partial charge in [-0.05, 0) is 42.9 Å². The maximum absolute atomic E-state index is 5.92. The summed E-state index contributed by atoms with van der Waals surface area (Å²) in [6.07, 6.45) is 4.12. The van der Waals surface area contributed by atoms with Gasteiger partial charge in [0.1, 0.15) is 0 Å². The van der Waals surface area contributed by atoms with Crippen LogP contribution in [0.4, 0.5) is 11.4 Å². The second-order valence-corrected chi connectivity index (χ2v) is 6.13. The van der Waals surface area contributed by atoms with E-state index < -0.39 is 0 Å². The van der Waals surface area contributed by atoms with Crippen molar-refractivity contribution >= 4 is 11.4 Å². The van der Waals surface area contributed by atoms with Crippen LogP contribution in [0.25, 0.3) is 0 Å². The summed E-state index contributed by atoms with van der Waals surface area (Å²) in [6, 6.07) is 7.16. The van der Waals surface area contributed by atoms with Crippen molar-refractivity contribution < 1.29 is 0 Å². The predicted octanol–water partition coefficient (Wildman–Crippen LogP) is 1.73. The third-order valence-corrected chi connectivity index (χ3v) is 4.70. The molecule has 0 aromatic heterocycles. The Labute approximate surface area is 109 Å². The smallest absolute Gasteiger partial charge is 0.0421 e. The molecule has 1 aliphatic carbocycles. The molecule has 2 aliphatic heterocycles. The van der Waals surface area contributed by atoms with Crippen LogP contribution in [0, 0.1) is 5.92 Å². The summed E-state index contributed by atoms with van der Waals surface area (Å²) in [5.74, 6) is 1.00. The lowest BCUT2D eigenvalue weighted by Crippen LogP contribution is -2.57. The molecule has 1 aromatic carbocycles. The van der Waals surface area contributed by atoms with E-state index in [-0.39, 0.29) is 0 Å². The molecule has 1 aromatic rings. The Morgan fingerprint density at radius 3 is 2.94 bits per heavy atom. The van der Waals surface area contributed by atoms with Crippen molar-refractivity contribution in [3.63, 3.8) is 0 Å². The number of rotatable bonds is 2. The Balaban J connectivity index is 1.60. The van der Waals surface area contributed by atoms with E-state index in [1.807, 2.05) is 6.07 Å². The molecule has 3 aliphatic rings. The van der Waals surface area contributed by atoms with Gasteiger partial charge in [0, 0.05) is 43.6 Å². The fraction of sp³-hybridized carbons (Fsp3) is 0.600. The summed E-state index contributed by atoms with van der Waals surface area (Å²) in [5.41, 5.74) is 9.69. The molecule has 4 rings (SSSR count). The van der Waals surface area contributed by atoms with Gasteiger partial charge in [0.2, 0.25) is 0 Å². The third kappa shape index (κ3) is 1.77. The number of fused-ring (bicyclic) bond motifs is 4. The van der Waals surface area contributed by atoms with E-state index >= 15 is 0 Å². The first-order chi connectivity index (χ1) is 8.79. The first-order valence-electron chi connectivity index (χ1n) is 7.17. The number of nitrogens with two attached hydrogens (primary N) is 1. The van der Waals surface area contributed by atoms with Crippen molar-refractivity contribution in [2.24, 2.45) is 5.92 Å². The highest BCUT2D eigenvalue weighted by molar-refractivity contribution is 5.63. The van der Waals surface area contributed by atoms with Gasteiger partial charge in [-0.15, -0.1) is 0 Å². The lowest BCUT2D eigenvalue weighted by Gasteiger charge is -2.47. The number of benzene rings is 1. The molecule has 2 bridgehead atoms. The minimum atomic E-state index is 0.732. The highest BCUT2D eigenvalue weighted by Crippen LogP contribution is 2.36. The van der Waals surface area contributed by atoms with Crippen molar-refractivity contribution in [3.05, 3.63) is 23.8 Å². The third-order valence-electron chi connectivity index (χ3n) is 4.70. The van der Waals surface area contributed by atoms with Crippen molar-refractivity contribution in [2.75, 3.05) is 36.8 Å². The van der Waals surface area contributed by atoms with Gasteiger partial charge in [-0.1, -0.05) is 6.07 Å². The van der Waals surface area contributed by atoms with Crippen LogP contribution >= 0.6 is 0 Å². The predicted molar refractivity (Wildman–Crippen MR) is 74.9 cm³/mol. The van der Waals surface area contributed by atoms with Gasteiger partial charge in [0.25, 0.3) is 0 Å². The normalized spacial score (nSPS) is 27.1. The van der Waals surface area contributed by atoms with E-state index in [4.69, 9.17) is 5.73 Å². The first-order valence-corrected chi connectivity index (χ1v) is 7.17. The number of piperazine rings is 1. The van der Waals surface area contributed by atoms with Crippen molar-refractivity contribution in [1.82, 2.24) is 4.90 Å². The van der Waals surface area contributed by atoms with Crippen LogP contribution in [0.15, 0.2) is 18.2 Å². The van der Waals surface area contributed by atoms with Gasteiger partial charge in [0.15, 0.2) is 0 Å². The molecule has 3 nitrogen and oxygen atoms in total. The lowest BCUT2D eigenvalue weighted by atomic mass is 9.94. The minimum Gasteiger partial charge on any atom is -0.399 e. The molecular weight excluding hydrogens is 222 g/mol. The van der Waals surface area contributed by atoms with E-state index in [0.717, 1.165) is 17.6 Å². The molecule has 1 unspecified atom stereocenters. The maximum atomic E-state index is 5.92. The van der Waals surface area contributed by atoms with Crippen LogP contribution in [0.1, 0.15) is 18.4 Å². The average molecular weight is 243 g/mol. The molecule has 18 heavy (non-hydrogen) atoms. The largest absolute Gasteiger partial charge is 0.399 e. The molecule has 96 valence electrons. The molecular formula is C15H21N3. The second-order valence-electron chi connectivity index (χ2n) is 6.13. The molecule has 0 amide bonds. The monoisotopic (exact) mass is 243 g/mol. The molecule has 2 fully saturated rings. The summed E-state index contributed by atoms with van der Waals surface area (Å²) >= 11 is 0. The molecule has 3 heteroatoms. The molecule has 2 N–H and O–H groups in total. The van der Waals surface area contributed by atoms with E-state index in [9.17, 15) is 0 Å². The highest BCUT2D eigenvalue weighted by Gasteiger charge is 2.35. The van der Waals surface area contributed by atoms with Gasteiger partial charge in [0.05, 0.1) is 0 Å². The van der Waals surface area contributed by atoms with Gasteiger partial charge in [-0.3, -0.25) is 4.90 Å². The van der Waals surface area contributed by atoms with Gasteiger partial charge in [-0.2, -0.15) is 0 Å². The van der Waals surface area contributed by atoms with Crippen LogP contribution in [0.3, 0.4) is 0 Å². The Bertz CT molecular complexity index is 467. The molecule has 0 radical (unpaired) electrons. The van der Waals surface area contributed by atoms with E-state index in [2.05, 4.69) is 21.9 Å². The molecule has 1 saturated heterocycles. The van der Waals surface area contributed by atoms with Crippen LogP contribution in [-0.2, 0) is 6.42 Å². The average Bonchev–Trinajstić information content (AvgIpc) is 3.18. The summed E-state index contributed by atoms with van der Waals surface area (Å²) in [6.45, 7) is 4.93. The van der Waals surface area contributed by atoms with Crippen molar-refractivity contribution in [2.45, 2.75) is 25.3 Å². The van der Waals surface area contributed by atoms with Gasteiger partial charge < -0.3 is 10.6 Å². The standard InChI is InChI=1S/C15H21N3/c16-13-4-3-12-7-14-10-18(15(12)8-13)6-5-17(14)9-11-1-2-11/h3-4,8,11,14H,1-2,5-7,9-10,16H2. The highest BCUT2D eigenvalue weighted by atomic mass is 15.3. The van der Waals surface area contributed by atoms with Gasteiger partial charge in [-0.25, -0.2) is 0 Å². The van der Waals surface area contributed by atoms with Crippen LogP contribution in [0.2, 0.25) is 0 Å². The maximum Gasteiger partial charge on any atom is 0.0421 e. The van der Waals surface area contributed by atoms with Crippen LogP contribution in [0.5, 0.6) is 0 Å². The Morgan fingerprint density at radius 2 is 2.11 bits per heavy atom. The zero-order chi connectivity index (χ0) is 12.1. The Morgan fingerprint density at radius 1 is 1.22 bits per heavy atom. The number of nitrogens with zero attached hydrogens (tertiary/aromatic N) is 2. The number of nitrogen functional groups attached to an aromatic ring is 1. The number of hydrogen-bond acceptors (Lipinski definition) is 3. The van der Waals surface area contributed by atoms with Gasteiger partial charge >= 0.3 is 0 Å². The fourth-order valence-electron chi connectivity index (χ4n) is 3.48. The molecule has 0 spiro atoms. The quantitative estimate of drug-likeness (QED) is 0.803. The SMILES string of the molecule is Nc1ccc2c(c1)N1CCN(CC3CC3)C(C2)C1. The Hall–Kier alpha value is -1.22. The Kier molecular flexibility index (Phi) is 2.31. The molecule has 2 heterocycles. The molecule has 1 saturated carbocycles. The number of anilines is 2.